The summed E-state index contributed by atoms with van der Waals surface area (Å²) in [5.41, 5.74) is 1.88. The number of aliphatic hydroxyl groups is 1. The molecule has 0 unspecified atom stereocenters. The number of rotatable bonds is 5. The zero-order chi connectivity index (χ0) is 14.7. The number of aliphatic hydroxyl groups excluding tert-OH is 1. The molecule has 112 valence electrons. The number of nitrogens with one attached hydrogen (secondary N) is 1. The van der Waals surface area contributed by atoms with E-state index in [0.717, 1.165) is 11.3 Å². The summed E-state index contributed by atoms with van der Waals surface area (Å²) in [5, 5.41) is 16.8. The molecule has 1 aromatic heterocycles. The van der Waals surface area contributed by atoms with E-state index in [-0.39, 0.29) is 6.61 Å². The topological polar surface area (TPSA) is 68.5 Å². The van der Waals surface area contributed by atoms with Crippen LogP contribution in [0.15, 0.2) is 24.5 Å². The summed E-state index contributed by atoms with van der Waals surface area (Å²) in [5.74, 6) is 1.30. The number of benzene rings is 1. The molecule has 2 N–H and O–H groups in total. The van der Waals surface area contributed by atoms with Gasteiger partial charge in [0.1, 0.15) is 13.2 Å². The standard InChI is InChI=1S/C14H16ClN3O3/c15-12-5-10(6-13-14(12)21-4-3-20-13)7-16-11-8-17-18(9-11)1-2-19/h5-6,8-9,16,19H,1-4,7H2. The number of hydrogen-bond acceptors (Lipinski definition) is 5. The highest BCUT2D eigenvalue weighted by atomic mass is 35.5. The Hall–Kier alpha value is -1.92. The van der Waals surface area contributed by atoms with Crippen LogP contribution in [0.2, 0.25) is 5.02 Å². The predicted molar refractivity (Wildman–Crippen MR) is 79.1 cm³/mol. The van der Waals surface area contributed by atoms with E-state index in [9.17, 15) is 0 Å². The first-order valence-corrected chi connectivity index (χ1v) is 7.09. The van der Waals surface area contributed by atoms with Gasteiger partial charge < -0.3 is 19.9 Å². The van der Waals surface area contributed by atoms with E-state index in [4.69, 9.17) is 26.2 Å². The minimum absolute atomic E-state index is 0.0683. The van der Waals surface area contributed by atoms with Crippen molar-refractivity contribution >= 4 is 17.3 Å². The molecule has 6 nitrogen and oxygen atoms in total. The SMILES string of the molecule is OCCn1cc(NCc2cc(Cl)c3c(c2)OCCO3)cn1. The van der Waals surface area contributed by atoms with E-state index in [1.807, 2.05) is 18.3 Å². The molecule has 0 spiro atoms. The van der Waals surface area contributed by atoms with Crippen LogP contribution in [0.3, 0.4) is 0 Å². The molecule has 1 aromatic carbocycles. The maximum Gasteiger partial charge on any atom is 0.179 e. The van der Waals surface area contributed by atoms with E-state index in [1.54, 1.807) is 10.9 Å². The van der Waals surface area contributed by atoms with Gasteiger partial charge in [-0.25, -0.2) is 0 Å². The van der Waals surface area contributed by atoms with Crippen molar-refractivity contribution in [3.05, 3.63) is 35.1 Å². The molecule has 0 amide bonds. The number of anilines is 1. The minimum atomic E-state index is 0.0683. The average molecular weight is 310 g/mol. The van der Waals surface area contributed by atoms with Crippen molar-refractivity contribution in [3.8, 4) is 11.5 Å². The first-order chi connectivity index (χ1) is 10.3. The first-order valence-electron chi connectivity index (χ1n) is 6.71. The Kier molecular flexibility index (Phi) is 4.17. The molecule has 7 heteroatoms. The molecule has 0 fully saturated rings. The molecule has 21 heavy (non-hydrogen) atoms. The summed E-state index contributed by atoms with van der Waals surface area (Å²) in [4.78, 5) is 0. The van der Waals surface area contributed by atoms with Gasteiger partial charge in [-0.2, -0.15) is 5.10 Å². The molecule has 2 aromatic rings. The molecule has 0 radical (unpaired) electrons. The fourth-order valence-electron chi connectivity index (χ4n) is 2.15. The van der Waals surface area contributed by atoms with Crippen molar-refractivity contribution in [1.29, 1.82) is 0 Å². The van der Waals surface area contributed by atoms with Crippen molar-refractivity contribution in [2.75, 3.05) is 25.1 Å². The minimum Gasteiger partial charge on any atom is -0.486 e. The van der Waals surface area contributed by atoms with Crippen LogP contribution in [0.25, 0.3) is 0 Å². The maximum absolute atomic E-state index is 8.86. The van der Waals surface area contributed by atoms with Crippen LogP contribution in [-0.2, 0) is 13.1 Å². The van der Waals surface area contributed by atoms with E-state index in [0.29, 0.717) is 42.8 Å². The Bertz CT molecular complexity index is 630. The normalized spacial score (nSPS) is 13.2. The van der Waals surface area contributed by atoms with Crippen molar-refractivity contribution in [1.82, 2.24) is 9.78 Å². The lowest BCUT2D eigenvalue weighted by atomic mass is 10.2. The zero-order valence-corrected chi connectivity index (χ0v) is 12.1. The van der Waals surface area contributed by atoms with E-state index in [2.05, 4.69) is 10.4 Å². The summed E-state index contributed by atoms with van der Waals surface area (Å²) in [6, 6.07) is 3.78. The van der Waals surface area contributed by atoms with Gasteiger partial charge in [0.15, 0.2) is 11.5 Å². The summed E-state index contributed by atoms with van der Waals surface area (Å²) in [6.45, 7) is 2.21. The fourth-order valence-corrected chi connectivity index (χ4v) is 2.44. The lowest BCUT2D eigenvalue weighted by Gasteiger charge is -2.20. The molecule has 2 heterocycles. The third-order valence-electron chi connectivity index (χ3n) is 3.12. The highest BCUT2D eigenvalue weighted by molar-refractivity contribution is 6.32. The summed E-state index contributed by atoms with van der Waals surface area (Å²) < 4.78 is 12.7. The maximum atomic E-state index is 8.86. The van der Waals surface area contributed by atoms with Crippen molar-refractivity contribution in [3.63, 3.8) is 0 Å². The number of nitrogens with zero attached hydrogens (tertiary/aromatic N) is 2. The lowest BCUT2D eigenvalue weighted by Crippen LogP contribution is -2.16. The van der Waals surface area contributed by atoms with Crippen LogP contribution in [0, 0.1) is 0 Å². The summed E-state index contributed by atoms with van der Waals surface area (Å²) in [6.07, 6.45) is 3.56. The number of fused-ring (bicyclic) bond motifs is 1. The van der Waals surface area contributed by atoms with Crippen molar-refractivity contribution < 1.29 is 14.6 Å². The number of hydrogen-bond donors (Lipinski definition) is 2. The second kappa shape index (κ2) is 6.24. The van der Waals surface area contributed by atoms with Gasteiger partial charge in [-0.05, 0) is 17.7 Å². The van der Waals surface area contributed by atoms with Crippen LogP contribution in [0.1, 0.15) is 5.56 Å². The van der Waals surface area contributed by atoms with Gasteiger partial charge in [-0.15, -0.1) is 0 Å². The van der Waals surface area contributed by atoms with Crippen LogP contribution < -0.4 is 14.8 Å². The molecule has 0 atom stereocenters. The second-order valence-electron chi connectivity index (χ2n) is 4.67. The highest BCUT2D eigenvalue weighted by Crippen LogP contribution is 2.38. The molecule has 0 aliphatic carbocycles. The Balaban J connectivity index is 1.68. The number of aromatic nitrogens is 2. The Morgan fingerprint density at radius 3 is 3.05 bits per heavy atom. The van der Waals surface area contributed by atoms with Gasteiger partial charge in [0, 0.05) is 12.7 Å². The van der Waals surface area contributed by atoms with Crippen LogP contribution in [0.5, 0.6) is 11.5 Å². The van der Waals surface area contributed by atoms with Gasteiger partial charge in [0.05, 0.1) is 30.1 Å². The molecule has 0 bridgehead atoms. The molecule has 0 saturated heterocycles. The highest BCUT2D eigenvalue weighted by Gasteiger charge is 2.16. The third-order valence-corrected chi connectivity index (χ3v) is 3.40. The number of halogens is 1. The molecular weight excluding hydrogens is 294 g/mol. The monoisotopic (exact) mass is 309 g/mol. The quantitative estimate of drug-likeness (QED) is 0.883. The third kappa shape index (κ3) is 3.22. The van der Waals surface area contributed by atoms with Gasteiger partial charge in [-0.3, -0.25) is 4.68 Å². The van der Waals surface area contributed by atoms with Crippen LogP contribution in [-0.4, -0.2) is 34.7 Å². The Morgan fingerprint density at radius 2 is 2.19 bits per heavy atom. The molecular formula is C14H16ClN3O3. The van der Waals surface area contributed by atoms with Crippen molar-refractivity contribution in [2.24, 2.45) is 0 Å². The molecule has 3 rings (SSSR count). The Morgan fingerprint density at radius 1 is 1.33 bits per heavy atom. The predicted octanol–water partition coefficient (Wildman–Crippen LogP) is 1.91. The Labute approximate surface area is 127 Å². The molecule has 0 saturated carbocycles. The van der Waals surface area contributed by atoms with Gasteiger partial charge in [0.25, 0.3) is 0 Å². The van der Waals surface area contributed by atoms with Gasteiger partial charge in [-0.1, -0.05) is 11.6 Å². The smallest absolute Gasteiger partial charge is 0.179 e. The van der Waals surface area contributed by atoms with E-state index < -0.39 is 0 Å². The second-order valence-corrected chi connectivity index (χ2v) is 5.08. The zero-order valence-electron chi connectivity index (χ0n) is 11.4. The van der Waals surface area contributed by atoms with E-state index in [1.165, 1.54) is 0 Å². The largest absolute Gasteiger partial charge is 0.486 e. The lowest BCUT2D eigenvalue weighted by molar-refractivity contribution is 0.171. The average Bonchev–Trinajstić information content (AvgIpc) is 2.93. The first kappa shape index (κ1) is 14.0. The summed E-state index contributed by atoms with van der Waals surface area (Å²) in [7, 11) is 0. The van der Waals surface area contributed by atoms with Crippen molar-refractivity contribution in [2.45, 2.75) is 13.1 Å². The van der Waals surface area contributed by atoms with E-state index >= 15 is 0 Å². The molecule has 1 aliphatic heterocycles. The molecule has 1 aliphatic rings. The van der Waals surface area contributed by atoms with Crippen LogP contribution >= 0.6 is 11.6 Å². The van der Waals surface area contributed by atoms with Gasteiger partial charge >= 0.3 is 0 Å². The fraction of sp³-hybridized carbons (Fsp3) is 0.357. The summed E-state index contributed by atoms with van der Waals surface area (Å²) >= 11 is 6.20. The van der Waals surface area contributed by atoms with Crippen LogP contribution in [0.4, 0.5) is 5.69 Å². The van der Waals surface area contributed by atoms with Gasteiger partial charge in [0.2, 0.25) is 0 Å². The number of ether oxygens (including phenoxy) is 2.